The summed E-state index contributed by atoms with van der Waals surface area (Å²) in [6.45, 7) is 1.72. The fourth-order valence-corrected chi connectivity index (χ4v) is 5.23. The second-order valence-electron chi connectivity index (χ2n) is 9.83. The number of nitrogens with zero attached hydrogens (tertiary/aromatic N) is 1. The van der Waals surface area contributed by atoms with Gasteiger partial charge in [-0.3, -0.25) is 14.5 Å². The van der Waals surface area contributed by atoms with Crippen molar-refractivity contribution in [2.75, 3.05) is 22.6 Å². The van der Waals surface area contributed by atoms with Crippen LogP contribution < -0.4 is 25.0 Å². The van der Waals surface area contributed by atoms with Crippen LogP contribution in [0.15, 0.2) is 109 Å². The lowest BCUT2D eigenvalue weighted by Gasteiger charge is -2.39. The Balaban J connectivity index is 1.37. The quantitative estimate of drug-likeness (QED) is 0.228. The van der Waals surface area contributed by atoms with Gasteiger partial charge in [-0.2, -0.15) is 0 Å². The standard InChI is InChI=1S/C34H29N3O4/c1-22(38)35-26-15-17-27(18-16-26)41-21-25-20-24(14-19-32(25)40-2)33-36-30-12-6-5-11-29(30)34(39)37(33)31-13-7-9-23-8-3-4-10-28(23)31/h3-20,33,36H,21H2,1-2H3,(H,35,38). The van der Waals surface area contributed by atoms with Crippen molar-refractivity contribution in [2.45, 2.75) is 19.7 Å². The number of fused-ring (bicyclic) bond motifs is 2. The van der Waals surface area contributed by atoms with E-state index >= 15 is 0 Å². The van der Waals surface area contributed by atoms with Gasteiger partial charge < -0.3 is 20.1 Å². The zero-order valence-electron chi connectivity index (χ0n) is 22.8. The number of rotatable bonds is 7. The highest BCUT2D eigenvalue weighted by Gasteiger charge is 2.35. The average molecular weight is 544 g/mol. The summed E-state index contributed by atoms with van der Waals surface area (Å²) in [5.41, 5.74) is 4.66. The van der Waals surface area contributed by atoms with Gasteiger partial charge in [-0.15, -0.1) is 0 Å². The van der Waals surface area contributed by atoms with Crippen molar-refractivity contribution in [2.24, 2.45) is 0 Å². The molecule has 0 fully saturated rings. The molecule has 2 N–H and O–H groups in total. The summed E-state index contributed by atoms with van der Waals surface area (Å²) in [5.74, 6) is 1.13. The lowest BCUT2D eigenvalue weighted by Crippen LogP contribution is -2.43. The Morgan fingerprint density at radius 1 is 0.902 bits per heavy atom. The van der Waals surface area contributed by atoms with Gasteiger partial charge in [0.05, 0.1) is 18.4 Å². The van der Waals surface area contributed by atoms with E-state index in [9.17, 15) is 9.59 Å². The molecule has 7 nitrogen and oxygen atoms in total. The SMILES string of the molecule is COc1ccc(C2Nc3ccccc3C(=O)N2c2cccc3ccccc23)cc1COc1ccc(NC(C)=O)cc1. The highest BCUT2D eigenvalue weighted by molar-refractivity contribution is 6.15. The van der Waals surface area contributed by atoms with Crippen LogP contribution in [0.3, 0.4) is 0 Å². The molecule has 0 bridgehead atoms. The molecule has 1 heterocycles. The van der Waals surface area contributed by atoms with Crippen LogP contribution in [-0.4, -0.2) is 18.9 Å². The van der Waals surface area contributed by atoms with E-state index in [1.807, 2.05) is 89.8 Å². The van der Waals surface area contributed by atoms with Crippen LogP contribution in [0.25, 0.3) is 10.8 Å². The van der Waals surface area contributed by atoms with Gasteiger partial charge >= 0.3 is 0 Å². The maximum atomic E-state index is 14.1. The molecule has 204 valence electrons. The molecule has 2 amide bonds. The topological polar surface area (TPSA) is 79.9 Å². The van der Waals surface area contributed by atoms with Crippen molar-refractivity contribution >= 4 is 39.6 Å². The number of benzene rings is 5. The first-order chi connectivity index (χ1) is 20.0. The van der Waals surface area contributed by atoms with E-state index in [0.717, 1.165) is 33.3 Å². The molecule has 0 spiro atoms. The molecule has 41 heavy (non-hydrogen) atoms. The third-order valence-electron chi connectivity index (χ3n) is 7.14. The number of carbonyl (C=O) groups excluding carboxylic acids is 2. The third-order valence-corrected chi connectivity index (χ3v) is 7.14. The fourth-order valence-electron chi connectivity index (χ4n) is 5.23. The summed E-state index contributed by atoms with van der Waals surface area (Å²) < 4.78 is 11.7. The normalized spacial score (nSPS) is 14.2. The Labute approximate surface area is 238 Å². The largest absolute Gasteiger partial charge is 0.496 e. The number of para-hydroxylation sites is 1. The first kappa shape index (κ1) is 26.0. The molecule has 5 aromatic carbocycles. The Morgan fingerprint density at radius 2 is 1.66 bits per heavy atom. The summed E-state index contributed by atoms with van der Waals surface area (Å²) in [7, 11) is 1.63. The molecule has 0 saturated heterocycles. The highest BCUT2D eigenvalue weighted by atomic mass is 16.5. The lowest BCUT2D eigenvalue weighted by molar-refractivity contribution is -0.114. The van der Waals surface area contributed by atoms with E-state index in [0.29, 0.717) is 22.7 Å². The first-order valence-electron chi connectivity index (χ1n) is 13.4. The molecular weight excluding hydrogens is 514 g/mol. The van der Waals surface area contributed by atoms with E-state index in [2.05, 4.69) is 22.8 Å². The summed E-state index contributed by atoms with van der Waals surface area (Å²) in [6, 6.07) is 34.8. The molecule has 5 aromatic rings. The van der Waals surface area contributed by atoms with Gasteiger partial charge in [0.15, 0.2) is 0 Å². The minimum absolute atomic E-state index is 0.0754. The number of anilines is 3. The Bertz CT molecular complexity index is 1740. The Kier molecular flexibility index (Phi) is 7.00. The van der Waals surface area contributed by atoms with Crippen molar-refractivity contribution in [3.8, 4) is 11.5 Å². The minimum Gasteiger partial charge on any atom is -0.496 e. The molecule has 1 unspecified atom stereocenters. The Morgan fingerprint density at radius 3 is 2.46 bits per heavy atom. The first-order valence-corrected chi connectivity index (χ1v) is 13.4. The molecule has 1 atom stereocenters. The number of hydrogen-bond donors (Lipinski definition) is 2. The summed E-state index contributed by atoms with van der Waals surface area (Å²) in [4.78, 5) is 27.2. The highest BCUT2D eigenvalue weighted by Crippen LogP contribution is 2.40. The van der Waals surface area contributed by atoms with Crippen molar-refractivity contribution < 1.29 is 19.1 Å². The van der Waals surface area contributed by atoms with Crippen LogP contribution >= 0.6 is 0 Å². The van der Waals surface area contributed by atoms with Crippen LogP contribution in [0.2, 0.25) is 0 Å². The monoisotopic (exact) mass is 543 g/mol. The van der Waals surface area contributed by atoms with Crippen molar-refractivity contribution in [3.63, 3.8) is 0 Å². The molecule has 0 saturated carbocycles. The summed E-state index contributed by atoms with van der Waals surface area (Å²) >= 11 is 0. The molecule has 1 aliphatic rings. The van der Waals surface area contributed by atoms with Crippen LogP contribution in [-0.2, 0) is 11.4 Å². The van der Waals surface area contributed by atoms with Crippen LogP contribution in [0.5, 0.6) is 11.5 Å². The molecule has 6 rings (SSSR count). The van der Waals surface area contributed by atoms with Gasteiger partial charge in [0.2, 0.25) is 5.91 Å². The van der Waals surface area contributed by atoms with E-state index < -0.39 is 6.17 Å². The van der Waals surface area contributed by atoms with Gasteiger partial charge in [0.25, 0.3) is 5.91 Å². The second-order valence-corrected chi connectivity index (χ2v) is 9.83. The van der Waals surface area contributed by atoms with E-state index in [-0.39, 0.29) is 18.4 Å². The predicted molar refractivity (Wildman–Crippen MR) is 162 cm³/mol. The zero-order valence-corrected chi connectivity index (χ0v) is 22.8. The van der Waals surface area contributed by atoms with Gasteiger partial charge in [-0.05, 0) is 65.5 Å². The van der Waals surface area contributed by atoms with Gasteiger partial charge in [-0.25, -0.2) is 0 Å². The van der Waals surface area contributed by atoms with E-state index in [4.69, 9.17) is 9.47 Å². The van der Waals surface area contributed by atoms with Crippen LogP contribution in [0.1, 0.15) is 34.6 Å². The number of hydrogen-bond acceptors (Lipinski definition) is 5. The number of nitrogens with one attached hydrogen (secondary N) is 2. The van der Waals surface area contributed by atoms with Gasteiger partial charge in [0, 0.05) is 29.2 Å². The van der Waals surface area contributed by atoms with Crippen molar-refractivity contribution in [1.82, 2.24) is 0 Å². The number of amides is 2. The lowest BCUT2D eigenvalue weighted by atomic mass is 9.99. The summed E-state index contributed by atoms with van der Waals surface area (Å²) in [5, 5.41) is 8.41. The van der Waals surface area contributed by atoms with Crippen LogP contribution in [0, 0.1) is 0 Å². The van der Waals surface area contributed by atoms with Crippen LogP contribution in [0.4, 0.5) is 17.1 Å². The van der Waals surface area contributed by atoms with Crippen molar-refractivity contribution in [3.05, 3.63) is 126 Å². The van der Waals surface area contributed by atoms with Gasteiger partial charge in [0.1, 0.15) is 24.3 Å². The van der Waals surface area contributed by atoms with E-state index in [1.54, 1.807) is 19.2 Å². The Hall–Kier alpha value is -5.30. The minimum atomic E-state index is -0.468. The number of methoxy groups -OCH3 is 1. The van der Waals surface area contributed by atoms with Gasteiger partial charge in [-0.1, -0.05) is 54.6 Å². The summed E-state index contributed by atoms with van der Waals surface area (Å²) in [6.07, 6.45) is -0.468. The predicted octanol–water partition coefficient (Wildman–Crippen LogP) is 7.16. The molecular formula is C34H29N3O4. The molecule has 1 aliphatic heterocycles. The van der Waals surface area contributed by atoms with E-state index in [1.165, 1.54) is 6.92 Å². The maximum absolute atomic E-state index is 14.1. The second kappa shape index (κ2) is 11.1. The molecule has 7 heteroatoms. The molecule has 0 aliphatic carbocycles. The molecule has 0 radical (unpaired) electrons. The smallest absolute Gasteiger partial charge is 0.262 e. The van der Waals surface area contributed by atoms with Crippen molar-refractivity contribution in [1.29, 1.82) is 0 Å². The number of ether oxygens (including phenoxy) is 2. The average Bonchev–Trinajstić information content (AvgIpc) is 3.00. The number of carbonyl (C=O) groups is 2. The fraction of sp³-hybridized carbons (Fsp3) is 0.118. The maximum Gasteiger partial charge on any atom is 0.262 e. The third kappa shape index (κ3) is 5.17. The molecule has 0 aromatic heterocycles. The zero-order chi connectivity index (χ0) is 28.3.